The lowest BCUT2D eigenvalue weighted by Gasteiger charge is -2.08. The van der Waals surface area contributed by atoms with Crippen LogP contribution in [0, 0.1) is 5.82 Å². The molecule has 0 amide bonds. The fourth-order valence-corrected chi connectivity index (χ4v) is 2.06. The Hall–Kier alpha value is -2.96. The summed E-state index contributed by atoms with van der Waals surface area (Å²) in [7, 11) is 1.43. The van der Waals surface area contributed by atoms with Gasteiger partial charge in [-0.2, -0.15) is 0 Å². The molecule has 3 aromatic rings. The van der Waals surface area contributed by atoms with Gasteiger partial charge >= 0.3 is 5.97 Å². The highest BCUT2D eigenvalue weighted by molar-refractivity contribution is 5.92. The first kappa shape index (κ1) is 13.0. The number of nitrogens with zero attached hydrogens (tertiary/aromatic N) is 3. The minimum absolute atomic E-state index is 0.126. The molecule has 0 saturated heterocycles. The van der Waals surface area contributed by atoms with Crippen molar-refractivity contribution in [1.82, 2.24) is 15.0 Å². The lowest BCUT2D eigenvalue weighted by atomic mass is 10.2. The molecule has 0 saturated carbocycles. The number of fused-ring (bicyclic) bond motifs is 1. The van der Waals surface area contributed by atoms with Crippen LogP contribution in [0.2, 0.25) is 0 Å². The topological polar surface area (TPSA) is 77.2 Å². The van der Waals surface area contributed by atoms with Crippen LogP contribution in [-0.4, -0.2) is 33.2 Å². The number of aromatic nitrogens is 3. The summed E-state index contributed by atoms with van der Waals surface area (Å²) in [5, 5.41) is 16.9. The Morgan fingerprint density at radius 3 is 2.81 bits per heavy atom. The molecule has 1 aromatic heterocycles. The van der Waals surface area contributed by atoms with Gasteiger partial charge in [-0.15, -0.1) is 5.10 Å². The average Bonchev–Trinajstić information content (AvgIpc) is 2.89. The number of methoxy groups -OCH3 is 1. The number of carbonyl (C=O) groups is 1. The summed E-state index contributed by atoms with van der Waals surface area (Å²) in [6, 6.07) is 8.54. The van der Waals surface area contributed by atoms with Crippen molar-refractivity contribution in [1.29, 1.82) is 0 Å². The number of carboxylic acid groups (broad SMARTS) is 1. The predicted octanol–water partition coefficient (Wildman–Crippen LogP) is 2.27. The van der Waals surface area contributed by atoms with E-state index in [2.05, 4.69) is 10.3 Å². The van der Waals surface area contributed by atoms with Crippen LogP contribution in [0.5, 0.6) is 5.75 Å². The Morgan fingerprint density at radius 1 is 1.29 bits per heavy atom. The molecule has 7 heteroatoms. The molecule has 0 radical (unpaired) electrons. The van der Waals surface area contributed by atoms with Gasteiger partial charge in [-0.25, -0.2) is 13.9 Å². The van der Waals surface area contributed by atoms with E-state index >= 15 is 0 Å². The molecule has 1 heterocycles. The maximum absolute atomic E-state index is 13.2. The van der Waals surface area contributed by atoms with Gasteiger partial charge in [-0.3, -0.25) is 0 Å². The normalized spacial score (nSPS) is 10.8. The lowest BCUT2D eigenvalue weighted by Crippen LogP contribution is -2.01. The van der Waals surface area contributed by atoms with Gasteiger partial charge in [0.1, 0.15) is 22.8 Å². The second-order valence-corrected chi connectivity index (χ2v) is 4.33. The van der Waals surface area contributed by atoms with E-state index in [1.807, 2.05) is 0 Å². The number of rotatable bonds is 3. The number of aromatic carboxylic acids is 1. The standard InChI is InChI=1S/C14H10FN3O3/c1-21-13-7-9(15)3-5-12(13)18-11-4-2-8(14(19)20)6-10(11)16-17-18/h2-7H,1H3,(H,19,20). The van der Waals surface area contributed by atoms with Gasteiger partial charge in [0.2, 0.25) is 0 Å². The zero-order valence-corrected chi connectivity index (χ0v) is 10.9. The summed E-state index contributed by atoms with van der Waals surface area (Å²) in [4.78, 5) is 10.9. The van der Waals surface area contributed by atoms with Gasteiger partial charge in [0.25, 0.3) is 0 Å². The van der Waals surface area contributed by atoms with Crippen molar-refractivity contribution in [2.45, 2.75) is 0 Å². The van der Waals surface area contributed by atoms with Crippen LogP contribution >= 0.6 is 0 Å². The van der Waals surface area contributed by atoms with Gasteiger partial charge < -0.3 is 9.84 Å². The summed E-state index contributed by atoms with van der Waals surface area (Å²) >= 11 is 0. The molecule has 6 nitrogen and oxygen atoms in total. The molecule has 0 fully saturated rings. The molecule has 3 rings (SSSR count). The van der Waals surface area contributed by atoms with E-state index in [1.54, 1.807) is 6.07 Å². The number of halogens is 1. The van der Waals surface area contributed by atoms with Crippen molar-refractivity contribution < 1.29 is 19.0 Å². The molecule has 0 unspecified atom stereocenters. The minimum Gasteiger partial charge on any atom is -0.494 e. The molecular weight excluding hydrogens is 277 g/mol. The Morgan fingerprint density at radius 2 is 2.10 bits per heavy atom. The van der Waals surface area contributed by atoms with E-state index < -0.39 is 11.8 Å². The number of ether oxygens (including phenoxy) is 1. The average molecular weight is 287 g/mol. The quantitative estimate of drug-likeness (QED) is 0.799. The first-order valence-electron chi connectivity index (χ1n) is 6.03. The van der Waals surface area contributed by atoms with E-state index in [0.717, 1.165) is 0 Å². The largest absolute Gasteiger partial charge is 0.494 e. The third-order valence-corrected chi connectivity index (χ3v) is 3.06. The summed E-state index contributed by atoms with van der Waals surface area (Å²) in [6.45, 7) is 0. The van der Waals surface area contributed by atoms with Crippen LogP contribution < -0.4 is 4.74 Å². The van der Waals surface area contributed by atoms with E-state index in [0.29, 0.717) is 22.5 Å². The predicted molar refractivity (Wildman–Crippen MR) is 72.3 cm³/mol. The van der Waals surface area contributed by atoms with Crippen molar-refractivity contribution >= 4 is 17.0 Å². The SMILES string of the molecule is COc1cc(F)ccc1-n1nnc2cc(C(=O)O)ccc21. The van der Waals surface area contributed by atoms with Gasteiger partial charge in [0.15, 0.2) is 0 Å². The zero-order chi connectivity index (χ0) is 15.0. The number of benzene rings is 2. The Balaban J connectivity index is 2.20. The Kier molecular flexibility index (Phi) is 3.02. The van der Waals surface area contributed by atoms with E-state index in [9.17, 15) is 9.18 Å². The van der Waals surface area contributed by atoms with Crippen molar-refractivity contribution in [3.8, 4) is 11.4 Å². The highest BCUT2D eigenvalue weighted by atomic mass is 19.1. The fourth-order valence-electron chi connectivity index (χ4n) is 2.06. The van der Waals surface area contributed by atoms with Crippen molar-refractivity contribution in [2.24, 2.45) is 0 Å². The Labute approximate surface area is 118 Å². The third-order valence-electron chi connectivity index (χ3n) is 3.06. The van der Waals surface area contributed by atoms with Crippen LogP contribution in [-0.2, 0) is 0 Å². The van der Waals surface area contributed by atoms with Crippen LogP contribution in [0.4, 0.5) is 4.39 Å². The maximum Gasteiger partial charge on any atom is 0.335 e. The first-order chi connectivity index (χ1) is 10.1. The molecule has 0 aliphatic heterocycles. The molecule has 0 atom stereocenters. The molecule has 21 heavy (non-hydrogen) atoms. The summed E-state index contributed by atoms with van der Waals surface area (Å²) in [6.07, 6.45) is 0. The van der Waals surface area contributed by atoms with Crippen molar-refractivity contribution in [3.05, 3.63) is 47.8 Å². The highest BCUT2D eigenvalue weighted by Gasteiger charge is 2.13. The summed E-state index contributed by atoms with van der Waals surface area (Å²) in [5.74, 6) is -1.15. The molecule has 0 spiro atoms. The summed E-state index contributed by atoms with van der Waals surface area (Å²) in [5.41, 5.74) is 1.68. The van der Waals surface area contributed by atoms with Crippen molar-refractivity contribution in [2.75, 3.05) is 7.11 Å². The fraction of sp³-hybridized carbons (Fsp3) is 0.0714. The first-order valence-corrected chi connectivity index (χ1v) is 6.03. The van der Waals surface area contributed by atoms with Crippen LogP contribution in [0.15, 0.2) is 36.4 Å². The van der Waals surface area contributed by atoms with Crippen molar-refractivity contribution in [3.63, 3.8) is 0 Å². The number of hydrogen-bond donors (Lipinski definition) is 1. The molecule has 1 N–H and O–H groups in total. The van der Waals surface area contributed by atoms with Crippen LogP contribution in [0.1, 0.15) is 10.4 Å². The second kappa shape index (κ2) is 4.86. The molecule has 0 aliphatic carbocycles. The van der Waals surface area contributed by atoms with Crippen LogP contribution in [0.3, 0.4) is 0 Å². The monoisotopic (exact) mass is 287 g/mol. The Bertz CT molecular complexity index is 845. The van der Waals surface area contributed by atoms with Crippen LogP contribution in [0.25, 0.3) is 16.7 Å². The lowest BCUT2D eigenvalue weighted by molar-refractivity contribution is 0.0697. The maximum atomic E-state index is 13.2. The van der Waals surface area contributed by atoms with Gasteiger partial charge in [-0.05, 0) is 30.3 Å². The van der Waals surface area contributed by atoms with Gasteiger partial charge in [0, 0.05) is 6.07 Å². The molecule has 0 bridgehead atoms. The third kappa shape index (κ3) is 2.18. The van der Waals surface area contributed by atoms with E-state index in [-0.39, 0.29) is 5.56 Å². The van der Waals surface area contributed by atoms with E-state index in [4.69, 9.17) is 9.84 Å². The van der Waals surface area contributed by atoms with Gasteiger partial charge in [0.05, 0.1) is 18.2 Å². The number of carboxylic acids is 1. The number of hydrogen-bond acceptors (Lipinski definition) is 4. The zero-order valence-electron chi connectivity index (χ0n) is 10.9. The molecule has 0 aliphatic rings. The van der Waals surface area contributed by atoms with Gasteiger partial charge in [-0.1, -0.05) is 5.21 Å². The van der Waals surface area contributed by atoms with E-state index in [1.165, 1.54) is 42.1 Å². The molecule has 2 aromatic carbocycles. The summed E-state index contributed by atoms with van der Waals surface area (Å²) < 4.78 is 19.9. The molecular formula is C14H10FN3O3. The highest BCUT2D eigenvalue weighted by Crippen LogP contribution is 2.26. The minimum atomic E-state index is -1.04. The second-order valence-electron chi connectivity index (χ2n) is 4.33. The smallest absolute Gasteiger partial charge is 0.335 e. The molecule has 106 valence electrons.